The normalized spacial score (nSPS) is 11.1. The molecule has 0 heterocycles. The minimum absolute atomic E-state index is 0.174. The van der Waals surface area contributed by atoms with Crippen LogP contribution in [-0.4, -0.2) is 14.3 Å². The molecule has 2 N–H and O–H groups in total. The predicted octanol–water partition coefficient (Wildman–Crippen LogP) is 5.35. The number of carbonyl (C=O) groups excluding carboxylic acids is 1. The fourth-order valence-electron chi connectivity index (χ4n) is 2.43. The Morgan fingerprint density at radius 3 is 2.07 bits per heavy atom. The van der Waals surface area contributed by atoms with Crippen LogP contribution in [0, 0.1) is 6.92 Å². The lowest BCUT2D eigenvalue weighted by Gasteiger charge is -2.10. The summed E-state index contributed by atoms with van der Waals surface area (Å²) in [5, 5.41) is 3.38. The molecule has 0 bridgehead atoms. The van der Waals surface area contributed by atoms with Gasteiger partial charge in [-0.15, -0.1) is 0 Å². The summed E-state index contributed by atoms with van der Waals surface area (Å²) in [6, 6.07) is 17.4. The van der Waals surface area contributed by atoms with Gasteiger partial charge in [-0.2, -0.15) is 0 Å². The number of halogens is 2. The van der Waals surface area contributed by atoms with E-state index in [0.717, 1.165) is 5.56 Å². The molecule has 144 valence electrons. The zero-order valence-electron chi connectivity index (χ0n) is 14.7. The zero-order chi connectivity index (χ0) is 20.3. The van der Waals surface area contributed by atoms with Crippen molar-refractivity contribution in [2.75, 3.05) is 10.0 Å². The number of aryl methyl sites for hydroxylation is 1. The Kier molecular flexibility index (Phi) is 5.93. The molecule has 8 heteroatoms. The van der Waals surface area contributed by atoms with Crippen molar-refractivity contribution in [2.45, 2.75) is 11.8 Å². The number of sulfonamides is 1. The van der Waals surface area contributed by atoms with Gasteiger partial charge >= 0.3 is 0 Å². The number of anilines is 2. The van der Waals surface area contributed by atoms with Crippen molar-refractivity contribution in [3.8, 4) is 0 Å². The molecule has 3 aromatic rings. The highest BCUT2D eigenvalue weighted by Crippen LogP contribution is 2.23. The largest absolute Gasteiger partial charge is 0.322 e. The van der Waals surface area contributed by atoms with E-state index in [-0.39, 0.29) is 15.5 Å². The fraction of sp³-hybridized carbons (Fsp3) is 0.0500. The Morgan fingerprint density at radius 2 is 1.46 bits per heavy atom. The first kappa shape index (κ1) is 20.2. The van der Waals surface area contributed by atoms with Gasteiger partial charge in [-0.1, -0.05) is 40.9 Å². The van der Waals surface area contributed by atoms with Gasteiger partial charge in [0.15, 0.2) is 0 Å². The van der Waals surface area contributed by atoms with Crippen LogP contribution in [0.4, 0.5) is 11.4 Å². The monoisotopic (exact) mass is 434 g/mol. The highest BCUT2D eigenvalue weighted by molar-refractivity contribution is 7.92. The van der Waals surface area contributed by atoms with Gasteiger partial charge in [0, 0.05) is 16.4 Å². The first-order valence-corrected chi connectivity index (χ1v) is 10.4. The molecule has 3 rings (SSSR count). The van der Waals surface area contributed by atoms with Crippen molar-refractivity contribution in [1.82, 2.24) is 0 Å². The minimum Gasteiger partial charge on any atom is -0.322 e. The summed E-state index contributed by atoms with van der Waals surface area (Å²) in [4.78, 5) is 12.5. The van der Waals surface area contributed by atoms with Gasteiger partial charge in [0.2, 0.25) is 0 Å². The highest BCUT2D eigenvalue weighted by atomic mass is 35.5. The van der Waals surface area contributed by atoms with E-state index < -0.39 is 15.9 Å². The average Bonchev–Trinajstić information content (AvgIpc) is 2.63. The topological polar surface area (TPSA) is 75.3 Å². The van der Waals surface area contributed by atoms with Crippen LogP contribution >= 0.6 is 23.2 Å². The molecule has 28 heavy (non-hydrogen) atoms. The number of hydrogen-bond acceptors (Lipinski definition) is 3. The molecule has 3 aromatic carbocycles. The molecule has 0 aliphatic carbocycles. The minimum atomic E-state index is -3.69. The molecule has 1 amide bonds. The maximum Gasteiger partial charge on any atom is 0.261 e. The molecule has 0 spiro atoms. The lowest BCUT2D eigenvalue weighted by molar-refractivity contribution is 0.102. The first-order valence-electron chi connectivity index (χ1n) is 8.20. The molecule has 0 fully saturated rings. The summed E-state index contributed by atoms with van der Waals surface area (Å²) in [5.41, 5.74) is 2.13. The number of benzene rings is 3. The van der Waals surface area contributed by atoms with Crippen LogP contribution in [0.2, 0.25) is 10.0 Å². The van der Waals surface area contributed by atoms with Crippen LogP contribution in [0.5, 0.6) is 0 Å². The van der Waals surface area contributed by atoms with Crippen molar-refractivity contribution in [1.29, 1.82) is 0 Å². The van der Waals surface area contributed by atoms with E-state index in [4.69, 9.17) is 23.2 Å². The molecule has 0 saturated carbocycles. The molecule has 0 saturated heterocycles. The summed E-state index contributed by atoms with van der Waals surface area (Å²) in [6.07, 6.45) is 0. The lowest BCUT2D eigenvalue weighted by atomic mass is 10.2. The van der Waals surface area contributed by atoms with E-state index >= 15 is 0 Å². The summed E-state index contributed by atoms with van der Waals surface area (Å²) >= 11 is 11.9. The quantitative estimate of drug-likeness (QED) is 0.567. The van der Waals surface area contributed by atoms with Gasteiger partial charge in [0.25, 0.3) is 15.9 Å². The van der Waals surface area contributed by atoms with Crippen LogP contribution in [0.15, 0.2) is 71.6 Å². The average molecular weight is 435 g/mol. The molecule has 0 aliphatic heterocycles. The Morgan fingerprint density at radius 1 is 0.857 bits per heavy atom. The van der Waals surface area contributed by atoms with E-state index in [1.807, 2.05) is 6.92 Å². The molecular weight excluding hydrogens is 419 g/mol. The summed E-state index contributed by atoms with van der Waals surface area (Å²) in [6.45, 7) is 1.88. The second-order valence-electron chi connectivity index (χ2n) is 6.07. The Labute approximate surface area is 173 Å². The van der Waals surface area contributed by atoms with Crippen molar-refractivity contribution in [3.05, 3.63) is 87.9 Å². The van der Waals surface area contributed by atoms with Gasteiger partial charge in [0.05, 0.1) is 15.5 Å². The number of amides is 1. The fourth-order valence-corrected chi connectivity index (χ4v) is 3.98. The smallest absolute Gasteiger partial charge is 0.261 e. The van der Waals surface area contributed by atoms with Crippen molar-refractivity contribution < 1.29 is 13.2 Å². The number of rotatable bonds is 5. The molecule has 0 unspecified atom stereocenters. The number of hydrogen-bond donors (Lipinski definition) is 2. The molecular formula is C20H16Cl2N2O3S. The third-order valence-corrected chi connectivity index (χ3v) is 5.85. The SMILES string of the molecule is Cc1ccc(S(=O)(=O)Nc2ccc(NC(=O)c3ccc(Cl)cc3Cl)cc2)cc1. The van der Waals surface area contributed by atoms with Gasteiger partial charge in [-0.25, -0.2) is 8.42 Å². The van der Waals surface area contributed by atoms with Crippen LogP contribution in [-0.2, 0) is 10.0 Å². The van der Waals surface area contributed by atoms with Gasteiger partial charge < -0.3 is 5.32 Å². The summed E-state index contributed by atoms with van der Waals surface area (Å²) in [5.74, 6) is -0.394. The van der Waals surface area contributed by atoms with Gasteiger partial charge in [-0.3, -0.25) is 9.52 Å². The van der Waals surface area contributed by atoms with Crippen LogP contribution in [0.25, 0.3) is 0 Å². The predicted molar refractivity (Wildman–Crippen MR) is 113 cm³/mol. The van der Waals surface area contributed by atoms with Crippen LogP contribution < -0.4 is 10.0 Å². The van der Waals surface area contributed by atoms with Gasteiger partial charge in [-0.05, 0) is 61.5 Å². The Balaban J connectivity index is 1.71. The van der Waals surface area contributed by atoms with Crippen molar-refractivity contribution >= 4 is 50.5 Å². The maximum absolute atomic E-state index is 12.4. The number of carbonyl (C=O) groups is 1. The first-order chi connectivity index (χ1) is 13.2. The Bertz CT molecular complexity index is 1110. The van der Waals surface area contributed by atoms with Crippen LogP contribution in [0.3, 0.4) is 0 Å². The van der Waals surface area contributed by atoms with E-state index in [9.17, 15) is 13.2 Å². The molecule has 0 radical (unpaired) electrons. The van der Waals surface area contributed by atoms with Crippen molar-refractivity contribution in [2.24, 2.45) is 0 Å². The second kappa shape index (κ2) is 8.22. The third kappa shape index (κ3) is 4.84. The van der Waals surface area contributed by atoms with Crippen LogP contribution in [0.1, 0.15) is 15.9 Å². The zero-order valence-corrected chi connectivity index (χ0v) is 17.1. The molecule has 0 atom stereocenters. The molecule has 0 aromatic heterocycles. The summed E-state index contributed by atoms with van der Waals surface area (Å²) in [7, 11) is -3.69. The van der Waals surface area contributed by atoms with E-state index in [2.05, 4.69) is 10.0 Å². The second-order valence-corrected chi connectivity index (χ2v) is 8.60. The highest BCUT2D eigenvalue weighted by Gasteiger charge is 2.14. The molecule has 5 nitrogen and oxygen atoms in total. The van der Waals surface area contributed by atoms with E-state index in [0.29, 0.717) is 16.4 Å². The van der Waals surface area contributed by atoms with Crippen molar-refractivity contribution in [3.63, 3.8) is 0 Å². The van der Waals surface area contributed by atoms with E-state index in [1.54, 1.807) is 54.6 Å². The molecule has 0 aliphatic rings. The Hall–Kier alpha value is -2.54. The standard InChI is InChI=1S/C20H16Cl2N2O3S/c1-13-2-9-17(10-3-13)28(26,27)24-16-7-5-15(6-8-16)23-20(25)18-11-4-14(21)12-19(18)22/h2-12,24H,1H3,(H,23,25). The maximum atomic E-state index is 12.4. The lowest BCUT2D eigenvalue weighted by Crippen LogP contribution is -2.14. The summed E-state index contributed by atoms with van der Waals surface area (Å²) < 4.78 is 27.3. The van der Waals surface area contributed by atoms with Gasteiger partial charge in [0.1, 0.15) is 0 Å². The van der Waals surface area contributed by atoms with E-state index in [1.165, 1.54) is 12.1 Å². The number of nitrogens with one attached hydrogen (secondary N) is 2. The third-order valence-electron chi connectivity index (χ3n) is 3.90.